The molecule has 2 nitrogen and oxygen atoms in total. The van der Waals surface area contributed by atoms with Gasteiger partial charge < -0.3 is 5.32 Å². The van der Waals surface area contributed by atoms with Crippen LogP contribution in [0.5, 0.6) is 0 Å². The highest BCUT2D eigenvalue weighted by Crippen LogP contribution is 2.38. The van der Waals surface area contributed by atoms with Crippen LogP contribution in [0.2, 0.25) is 0 Å². The van der Waals surface area contributed by atoms with E-state index in [0.717, 1.165) is 5.92 Å². The lowest BCUT2D eigenvalue weighted by molar-refractivity contribution is 0.266. The molecule has 2 atom stereocenters. The Morgan fingerprint density at radius 3 is 2.64 bits per heavy atom. The highest BCUT2D eigenvalue weighted by atomic mass is 16.1. The molecule has 2 heteroatoms. The summed E-state index contributed by atoms with van der Waals surface area (Å²) in [6.45, 7) is 0. The Labute approximate surface area is 86.5 Å². The van der Waals surface area contributed by atoms with E-state index in [4.69, 9.17) is 0 Å². The topological polar surface area (TPSA) is 29.1 Å². The van der Waals surface area contributed by atoms with Gasteiger partial charge in [0.15, 0.2) is 0 Å². The maximum Gasteiger partial charge on any atom is 0.309 e. The monoisotopic (exact) mass is 194 g/mol. The fraction of sp³-hybridized carbons (Fsp3) is 0.917. The molecule has 79 valence electrons. The maximum atomic E-state index is 10.5. The zero-order chi connectivity index (χ0) is 9.86. The fourth-order valence-corrected chi connectivity index (χ4v) is 3.21. The molecule has 0 spiro atoms. The molecule has 2 unspecified atom stereocenters. The van der Waals surface area contributed by atoms with Crippen molar-refractivity contribution in [2.24, 2.45) is 5.92 Å². The maximum absolute atomic E-state index is 10.5. The van der Waals surface area contributed by atoms with Crippen LogP contribution in [0.25, 0.3) is 0 Å². The molecule has 0 aromatic heterocycles. The Balaban J connectivity index is 2.08. The zero-order valence-corrected chi connectivity index (χ0v) is 8.85. The largest absolute Gasteiger partial charge is 0.342 e. The van der Waals surface area contributed by atoms with Crippen molar-refractivity contribution in [3.05, 3.63) is 0 Å². The summed E-state index contributed by atoms with van der Waals surface area (Å²) < 4.78 is 0. The van der Waals surface area contributed by atoms with Gasteiger partial charge in [-0.1, -0.05) is 32.1 Å². The average molecular weight is 194 g/mol. The van der Waals surface area contributed by atoms with Crippen molar-refractivity contribution in [3.63, 3.8) is 0 Å². The van der Waals surface area contributed by atoms with Crippen LogP contribution in [0.3, 0.4) is 0 Å². The smallest absolute Gasteiger partial charge is 0.309 e. The van der Waals surface area contributed by atoms with E-state index in [0.29, 0.717) is 0 Å². The summed E-state index contributed by atoms with van der Waals surface area (Å²) in [6, 6.07) is 0. The molecule has 1 amide bonds. The zero-order valence-electron chi connectivity index (χ0n) is 8.85. The molecule has 1 radical (unpaired) electrons. The number of hydrogen-bond donors (Lipinski definition) is 1. The quantitative estimate of drug-likeness (QED) is 0.672. The molecule has 0 heterocycles. The highest BCUT2D eigenvalue weighted by Gasteiger charge is 2.33. The number of rotatable bonds is 2. The second-order valence-electron chi connectivity index (χ2n) is 5.05. The van der Waals surface area contributed by atoms with Gasteiger partial charge in [-0.05, 0) is 31.6 Å². The van der Waals surface area contributed by atoms with E-state index >= 15 is 0 Å². The second-order valence-corrected chi connectivity index (χ2v) is 5.05. The first-order chi connectivity index (χ1) is 6.85. The van der Waals surface area contributed by atoms with Crippen LogP contribution in [0.1, 0.15) is 57.8 Å². The molecule has 0 aliphatic heterocycles. The minimum atomic E-state index is 0.122. The predicted octanol–water partition coefficient (Wildman–Crippen LogP) is 2.54. The van der Waals surface area contributed by atoms with Crippen molar-refractivity contribution in [2.75, 3.05) is 0 Å². The van der Waals surface area contributed by atoms with Crippen LogP contribution in [0, 0.1) is 5.92 Å². The number of nitrogens with one attached hydrogen (secondary N) is 1. The molecule has 0 saturated heterocycles. The molecule has 1 N–H and O–H groups in total. The Hall–Kier alpha value is -0.530. The first kappa shape index (κ1) is 10.0. The van der Waals surface area contributed by atoms with Gasteiger partial charge in [0.25, 0.3) is 0 Å². The summed E-state index contributed by atoms with van der Waals surface area (Å²) in [6.07, 6.45) is 13.5. The summed E-state index contributed by atoms with van der Waals surface area (Å²) in [5, 5.41) is 2.99. The van der Waals surface area contributed by atoms with Crippen molar-refractivity contribution < 1.29 is 4.79 Å². The molecule has 2 bridgehead atoms. The van der Waals surface area contributed by atoms with Crippen molar-refractivity contribution in [1.82, 2.24) is 5.32 Å². The van der Waals surface area contributed by atoms with Crippen LogP contribution in [-0.4, -0.2) is 11.9 Å². The molecule has 2 aliphatic carbocycles. The van der Waals surface area contributed by atoms with Gasteiger partial charge in [0.05, 0.1) is 0 Å². The number of fused-ring (bicyclic) bond motifs is 3. The summed E-state index contributed by atoms with van der Waals surface area (Å²) in [5.41, 5.74) is 0.122. The van der Waals surface area contributed by atoms with Crippen molar-refractivity contribution in [1.29, 1.82) is 0 Å². The van der Waals surface area contributed by atoms with E-state index in [2.05, 4.69) is 5.32 Å². The van der Waals surface area contributed by atoms with Gasteiger partial charge in [-0.15, -0.1) is 0 Å². The Kier molecular flexibility index (Phi) is 3.09. The van der Waals surface area contributed by atoms with Gasteiger partial charge in [-0.2, -0.15) is 0 Å². The lowest BCUT2D eigenvalue weighted by atomic mass is 9.81. The van der Waals surface area contributed by atoms with E-state index in [1.54, 1.807) is 0 Å². The molecular weight excluding hydrogens is 174 g/mol. The van der Waals surface area contributed by atoms with Crippen LogP contribution >= 0.6 is 0 Å². The average Bonchev–Trinajstić information content (AvgIpc) is 2.28. The summed E-state index contributed by atoms with van der Waals surface area (Å²) >= 11 is 0. The summed E-state index contributed by atoms with van der Waals surface area (Å²) in [5.74, 6) is 0.936. The third kappa shape index (κ3) is 2.10. The van der Waals surface area contributed by atoms with Crippen LogP contribution in [0.15, 0.2) is 0 Å². The van der Waals surface area contributed by atoms with Gasteiger partial charge in [0, 0.05) is 5.54 Å². The van der Waals surface area contributed by atoms with Gasteiger partial charge in [0.1, 0.15) is 0 Å². The molecule has 0 aromatic carbocycles. The summed E-state index contributed by atoms with van der Waals surface area (Å²) in [7, 11) is 0. The normalized spacial score (nSPS) is 38.1. The van der Waals surface area contributed by atoms with Gasteiger partial charge in [-0.25, -0.2) is 0 Å². The predicted molar refractivity (Wildman–Crippen MR) is 56.6 cm³/mol. The molecular formula is C12H20NO. The van der Waals surface area contributed by atoms with Crippen LogP contribution in [0.4, 0.5) is 0 Å². The third-order valence-corrected chi connectivity index (χ3v) is 4.13. The molecule has 2 fully saturated rings. The number of hydrogen-bond acceptors (Lipinski definition) is 1. The Morgan fingerprint density at radius 2 is 1.79 bits per heavy atom. The Morgan fingerprint density at radius 1 is 1.00 bits per heavy atom. The second kappa shape index (κ2) is 4.33. The minimum absolute atomic E-state index is 0.122. The molecule has 2 saturated carbocycles. The van der Waals surface area contributed by atoms with Gasteiger partial charge in [0.2, 0.25) is 0 Å². The van der Waals surface area contributed by atoms with Crippen LogP contribution in [-0.2, 0) is 4.79 Å². The van der Waals surface area contributed by atoms with E-state index < -0.39 is 0 Å². The Bertz CT molecular complexity index is 200. The standard InChI is InChI=1S/C12H20NO/c14-10-13-12-7-2-1-4-11(6-9-12)5-3-8-12/h11H,1-9H2,(H,13,14). The van der Waals surface area contributed by atoms with E-state index in [-0.39, 0.29) is 5.54 Å². The third-order valence-electron chi connectivity index (χ3n) is 4.13. The summed E-state index contributed by atoms with van der Waals surface area (Å²) in [4.78, 5) is 10.5. The molecule has 2 aliphatic rings. The lowest BCUT2D eigenvalue weighted by Crippen LogP contribution is -2.44. The van der Waals surface area contributed by atoms with Gasteiger partial charge in [-0.3, -0.25) is 4.79 Å². The number of carbonyl (C=O) groups excluding carboxylic acids is 1. The van der Waals surface area contributed by atoms with E-state index in [9.17, 15) is 4.79 Å². The van der Waals surface area contributed by atoms with Crippen LogP contribution < -0.4 is 5.32 Å². The molecule has 0 aromatic rings. The van der Waals surface area contributed by atoms with E-state index in [1.165, 1.54) is 57.8 Å². The fourth-order valence-electron chi connectivity index (χ4n) is 3.21. The van der Waals surface area contributed by atoms with Crippen molar-refractivity contribution in [2.45, 2.75) is 63.3 Å². The molecule has 2 rings (SSSR count). The van der Waals surface area contributed by atoms with E-state index in [1.807, 2.05) is 6.41 Å². The number of amides is 1. The first-order valence-corrected chi connectivity index (χ1v) is 5.99. The van der Waals surface area contributed by atoms with Crippen molar-refractivity contribution >= 4 is 6.41 Å². The SMILES string of the molecule is O=[C]NC12CCCCC(CCC1)CC2. The lowest BCUT2D eigenvalue weighted by Gasteiger charge is -2.33. The van der Waals surface area contributed by atoms with Gasteiger partial charge >= 0.3 is 6.41 Å². The molecule has 14 heavy (non-hydrogen) atoms. The minimum Gasteiger partial charge on any atom is -0.342 e. The highest BCUT2D eigenvalue weighted by molar-refractivity contribution is 5.49. The van der Waals surface area contributed by atoms with Crippen molar-refractivity contribution in [3.8, 4) is 0 Å². The first-order valence-electron chi connectivity index (χ1n) is 5.99.